The maximum absolute atomic E-state index is 14.3. The minimum atomic E-state index is -4.41. The third kappa shape index (κ3) is 11.3. The highest BCUT2D eigenvalue weighted by Crippen LogP contribution is 2.31. The monoisotopic (exact) mass is 799 g/mol. The van der Waals surface area contributed by atoms with Crippen LogP contribution in [0.1, 0.15) is 41.7 Å². The molecule has 1 amide bonds. The van der Waals surface area contributed by atoms with Gasteiger partial charge in [0.05, 0.1) is 12.7 Å². The van der Waals surface area contributed by atoms with E-state index in [0.29, 0.717) is 40.7 Å². The zero-order valence-electron chi connectivity index (χ0n) is 29.8. The minimum absolute atomic E-state index is 0.110. The number of carbonyl (C=O) groups is 1. The number of carbonyl (C=O) groups excluding carboxylic acids is 1. The molecule has 3 heterocycles. The van der Waals surface area contributed by atoms with Gasteiger partial charge in [-0.25, -0.2) is 15.0 Å². The summed E-state index contributed by atoms with van der Waals surface area (Å²) in [5, 5.41) is 0.788. The number of likely N-dealkylation sites (N-methyl/N-ethyl adjacent to an activating group) is 1. The molecule has 0 radical (unpaired) electrons. The summed E-state index contributed by atoms with van der Waals surface area (Å²) in [6.07, 6.45) is 0.551. The van der Waals surface area contributed by atoms with E-state index in [1.165, 1.54) is 31.0 Å². The van der Waals surface area contributed by atoms with E-state index in [1.54, 1.807) is 40.2 Å². The van der Waals surface area contributed by atoms with Crippen molar-refractivity contribution in [2.45, 2.75) is 50.4 Å². The highest BCUT2D eigenvalue weighted by molar-refractivity contribution is 7.98. The highest BCUT2D eigenvalue weighted by atomic mass is 35.5. The van der Waals surface area contributed by atoms with E-state index in [0.717, 1.165) is 41.9 Å². The van der Waals surface area contributed by atoms with E-state index in [9.17, 15) is 22.8 Å². The Labute approximate surface area is 325 Å². The van der Waals surface area contributed by atoms with Gasteiger partial charge in [0.15, 0.2) is 5.16 Å². The van der Waals surface area contributed by atoms with Crippen molar-refractivity contribution < 1.29 is 22.7 Å². The van der Waals surface area contributed by atoms with E-state index in [2.05, 4.69) is 38.7 Å². The minimum Gasteiger partial charge on any atom is -0.467 e. The lowest BCUT2D eigenvalue weighted by Crippen LogP contribution is -2.40. The first kappa shape index (κ1) is 40.7. The first-order valence-electron chi connectivity index (χ1n) is 17.0. The van der Waals surface area contributed by atoms with Crippen molar-refractivity contribution in [1.82, 2.24) is 34.3 Å². The van der Waals surface area contributed by atoms with Crippen LogP contribution in [-0.2, 0) is 36.2 Å². The average molecular weight is 801 g/mol. The molecule has 0 saturated heterocycles. The molecule has 0 spiro atoms. The van der Waals surface area contributed by atoms with Crippen molar-refractivity contribution >= 4 is 40.9 Å². The molecule has 0 bridgehead atoms. The van der Waals surface area contributed by atoms with Gasteiger partial charge in [0.1, 0.15) is 16.9 Å². The number of halogens is 5. The topological polar surface area (TPSA) is 106 Å². The first-order valence-corrected chi connectivity index (χ1v) is 18.8. The van der Waals surface area contributed by atoms with Crippen LogP contribution < -0.4 is 10.3 Å². The fraction of sp³-hybridized carbons (Fsp3) is 0.316. The lowest BCUT2D eigenvalue weighted by Gasteiger charge is -2.27. The number of methoxy groups -OCH3 is 1. The number of hydrogen-bond donors (Lipinski definition) is 0. The van der Waals surface area contributed by atoms with Gasteiger partial charge in [-0.05, 0) is 65.2 Å². The summed E-state index contributed by atoms with van der Waals surface area (Å²) in [6.45, 7) is 6.99. The predicted molar refractivity (Wildman–Crippen MR) is 204 cm³/mol. The van der Waals surface area contributed by atoms with Crippen LogP contribution in [0.15, 0.2) is 89.2 Å². The van der Waals surface area contributed by atoms with Gasteiger partial charge in [0, 0.05) is 56.0 Å². The number of amides is 1. The number of benzene rings is 2. The summed E-state index contributed by atoms with van der Waals surface area (Å²) in [6, 6.07) is 15.9. The van der Waals surface area contributed by atoms with Crippen LogP contribution in [0.4, 0.5) is 13.2 Å². The number of aromatic nitrogens is 5. The molecule has 5 rings (SSSR count). The summed E-state index contributed by atoms with van der Waals surface area (Å²) in [5.41, 5.74) is 2.86. The molecular weight excluding hydrogens is 762 g/mol. The molecule has 0 fully saturated rings. The number of alkyl halides is 3. The van der Waals surface area contributed by atoms with Crippen LogP contribution in [0.2, 0.25) is 10.3 Å². The normalized spacial score (nSPS) is 11.6. The third-order valence-electron chi connectivity index (χ3n) is 8.59. The molecule has 284 valence electrons. The molecule has 0 aliphatic carbocycles. The summed E-state index contributed by atoms with van der Waals surface area (Å²) in [4.78, 5) is 48.2. The quantitative estimate of drug-likeness (QED) is 0.0565. The van der Waals surface area contributed by atoms with Gasteiger partial charge in [-0.3, -0.25) is 9.59 Å². The Kier molecular flexibility index (Phi) is 14.1. The van der Waals surface area contributed by atoms with Gasteiger partial charge in [-0.2, -0.15) is 18.2 Å². The molecule has 3 aromatic heterocycles. The fourth-order valence-corrected chi connectivity index (χ4v) is 6.99. The van der Waals surface area contributed by atoms with Crippen LogP contribution in [0.3, 0.4) is 0 Å². The lowest BCUT2D eigenvalue weighted by molar-refractivity contribution is -0.137. The maximum atomic E-state index is 14.3. The lowest BCUT2D eigenvalue weighted by atomic mass is 10.0. The molecule has 0 atom stereocenters. The number of nitrogens with zero attached hydrogens (tertiary/aromatic N) is 7. The van der Waals surface area contributed by atoms with Gasteiger partial charge < -0.3 is 19.1 Å². The molecule has 5 aromatic rings. The van der Waals surface area contributed by atoms with E-state index in [-0.39, 0.29) is 41.7 Å². The van der Waals surface area contributed by atoms with E-state index < -0.39 is 17.3 Å². The van der Waals surface area contributed by atoms with Crippen molar-refractivity contribution in [2.24, 2.45) is 0 Å². The van der Waals surface area contributed by atoms with Crippen molar-refractivity contribution in [3.05, 3.63) is 128 Å². The number of rotatable bonds is 16. The largest absolute Gasteiger partial charge is 0.467 e. The van der Waals surface area contributed by atoms with E-state index in [1.807, 2.05) is 24.3 Å². The van der Waals surface area contributed by atoms with Crippen LogP contribution in [0.5, 0.6) is 6.01 Å². The summed E-state index contributed by atoms with van der Waals surface area (Å²) in [7, 11) is 1.46. The zero-order chi connectivity index (χ0) is 38.8. The van der Waals surface area contributed by atoms with Crippen LogP contribution in [0, 0.1) is 0 Å². The molecule has 16 heteroatoms. The number of ether oxygens (including phenoxy) is 1. The highest BCUT2D eigenvalue weighted by Gasteiger charge is 2.30. The van der Waals surface area contributed by atoms with Gasteiger partial charge >= 0.3 is 12.2 Å². The Morgan fingerprint density at radius 1 is 0.870 bits per heavy atom. The Bertz CT molecular complexity index is 2060. The smallest absolute Gasteiger partial charge is 0.416 e. The summed E-state index contributed by atoms with van der Waals surface area (Å²) >= 11 is 13.5. The summed E-state index contributed by atoms with van der Waals surface area (Å²) < 4.78 is 46.0. The van der Waals surface area contributed by atoms with Crippen molar-refractivity contribution in [3.63, 3.8) is 0 Å². The molecule has 0 N–H and O–H groups in total. The number of thioether (sulfide) groups is 1. The molecule has 0 aliphatic rings. The van der Waals surface area contributed by atoms with Gasteiger partial charge in [0.2, 0.25) is 5.91 Å². The van der Waals surface area contributed by atoms with Gasteiger partial charge in [-0.1, -0.05) is 85.2 Å². The predicted octanol–water partition coefficient (Wildman–Crippen LogP) is 7.68. The molecule has 0 aliphatic heterocycles. The van der Waals surface area contributed by atoms with E-state index in [4.69, 9.17) is 27.9 Å². The van der Waals surface area contributed by atoms with Crippen LogP contribution in [0.25, 0.3) is 11.1 Å². The molecule has 2 aromatic carbocycles. The van der Waals surface area contributed by atoms with Crippen molar-refractivity contribution in [3.8, 4) is 17.1 Å². The SMILES string of the molecule is CCN(CC)CCN(Cc1ccc(-c2ccc(C(F)(F)F)cc2)cc1)C(=O)Cn1cc(Cc2cnc(OC)nc2)c(=O)nc1SCc1cc(Cl)nc(Cl)c1. The van der Waals surface area contributed by atoms with Crippen molar-refractivity contribution in [2.75, 3.05) is 33.3 Å². The Morgan fingerprint density at radius 2 is 1.48 bits per heavy atom. The average Bonchev–Trinajstić information content (AvgIpc) is 3.15. The van der Waals surface area contributed by atoms with Gasteiger partial charge in [-0.15, -0.1) is 0 Å². The Balaban J connectivity index is 1.42. The number of pyridine rings is 1. The van der Waals surface area contributed by atoms with E-state index >= 15 is 0 Å². The third-order valence-corrected chi connectivity index (χ3v) is 10.0. The molecule has 54 heavy (non-hydrogen) atoms. The second kappa shape index (κ2) is 18.7. The molecule has 10 nitrogen and oxygen atoms in total. The standard InChI is InChI=1S/C38H38Cl2F3N7O3S/c1-4-48(5-2)14-15-49(21-25-6-8-28(9-7-25)29-10-12-31(13-11-29)38(41,42)43)34(51)23-50-22-30(16-27-19-44-36(53-3)45-20-27)35(52)47-37(50)54-24-26-17-32(39)46-33(40)18-26/h6-13,17-20,22H,4-5,14-16,21,23-24H2,1-3H3. The second-order valence-corrected chi connectivity index (χ2v) is 14.0. The summed E-state index contributed by atoms with van der Waals surface area (Å²) in [5.74, 6) is 0.153. The zero-order valence-corrected chi connectivity index (χ0v) is 32.1. The first-order chi connectivity index (χ1) is 25.8. The van der Waals surface area contributed by atoms with Crippen LogP contribution >= 0.6 is 35.0 Å². The second-order valence-electron chi connectivity index (χ2n) is 12.3. The Hall–Kier alpha value is -4.50. The van der Waals surface area contributed by atoms with Crippen LogP contribution in [-0.4, -0.2) is 73.5 Å². The number of hydrogen-bond acceptors (Lipinski definition) is 9. The van der Waals surface area contributed by atoms with Gasteiger partial charge in [0.25, 0.3) is 5.56 Å². The molecule has 0 unspecified atom stereocenters. The van der Waals surface area contributed by atoms with Crippen molar-refractivity contribution in [1.29, 1.82) is 0 Å². The fourth-order valence-electron chi connectivity index (χ4n) is 5.59. The molecular formula is C38H38Cl2F3N7O3S. The Morgan fingerprint density at radius 3 is 2.06 bits per heavy atom. The maximum Gasteiger partial charge on any atom is 0.416 e. The molecule has 0 saturated carbocycles.